The van der Waals surface area contributed by atoms with E-state index in [-0.39, 0.29) is 24.2 Å². The highest BCUT2D eigenvalue weighted by atomic mass is 19.4. The lowest BCUT2D eigenvalue weighted by molar-refractivity contribution is -0.138. The van der Waals surface area contributed by atoms with Crippen LogP contribution in [0.1, 0.15) is 50.3 Å². The number of nitrogens with one attached hydrogen (secondary N) is 2. The van der Waals surface area contributed by atoms with Crippen LogP contribution in [0.4, 0.5) is 18.9 Å². The van der Waals surface area contributed by atoms with Crippen LogP contribution in [0.3, 0.4) is 0 Å². The number of anilines is 1. The second kappa shape index (κ2) is 8.75. The average Bonchev–Trinajstić information content (AvgIpc) is 2.72. The van der Waals surface area contributed by atoms with Crippen LogP contribution in [-0.2, 0) is 10.9 Å². The Kier molecular flexibility index (Phi) is 6.26. The normalized spacial score (nSPS) is 30.7. The van der Waals surface area contributed by atoms with Gasteiger partial charge in [-0.25, -0.2) is 0 Å². The van der Waals surface area contributed by atoms with Gasteiger partial charge in [-0.1, -0.05) is 38.2 Å². The molecule has 0 amide bonds. The highest BCUT2D eigenvalue weighted by Gasteiger charge is 2.44. The maximum absolute atomic E-state index is 13.4. The number of allylic oxidation sites excluding steroid dienone is 3. The van der Waals surface area contributed by atoms with E-state index in [1.165, 1.54) is 12.1 Å². The van der Waals surface area contributed by atoms with Crippen LogP contribution in [0.5, 0.6) is 0 Å². The molecule has 1 saturated heterocycles. The number of rotatable bonds is 5. The Morgan fingerprint density at radius 3 is 2.73 bits per heavy atom. The molecule has 0 aromatic heterocycles. The maximum Gasteiger partial charge on any atom is 0.416 e. The van der Waals surface area contributed by atoms with E-state index >= 15 is 0 Å². The summed E-state index contributed by atoms with van der Waals surface area (Å²) in [6.07, 6.45) is 6.64. The minimum absolute atomic E-state index is 0.0212. The first-order valence-corrected chi connectivity index (χ1v) is 11.0. The van der Waals surface area contributed by atoms with E-state index in [0.717, 1.165) is 38.0 Å². The Bertz CT molecular complexity index is 802. The van der Waals surface area contributed by atoms with E-state index in [1.54, 1.807) is 6.07 Å². The van der Waals surface area contributed by atoms with Crippen molar-refractivity contribution in [3.8, 4) is 0 Å². The zero-order valence-corrected chi connectivity index (χ0v) is 17.6. The average molecular weight is 421 g/mol. The zero-order valence-electron chi connectivity index (χ0n) is 17.6. The molecule has 4 rings (SSSR count). The summed E-state index contributed by atoms with van der Waals surface area (Å²) in [7, 11) is 0. The van der Waals surface area contributed by atoms with Gasteiger partial charge in [0.15, 0.2) is 0 Å². The van der Waals surface area contributed by atoms with Crippen LogP contribution >= 0.6 is 0 Å². The molecule has 30 heavy (non-hydrogen) atoms. The van der Waals surface area contributed by atoms with Gasteiger partial charge in [0, 0.05) is 35.7 Å². The largest absolute Gasteiger partial charge is 0.416 e. The van der Waals surface area contributed by atoms with Crippen LogP contribution in [-0.4, -0.2) is 25.2 Å². The van der Waals surface area contributed by atoms with Crippen molar-refractivity contribution in [3.63, 3.8) is 0 Å². The molecule has 1 aromatic carbocycles. The van der Waals surface area contributed by atoms with Crippen LogP contribution in [0.25, 0.3) is 0 Å². The summed E-state index contributed by atoms with van der Waals surface area (Å²) in [5.41, 5.74) is 0.812. The molecule has 1 fully saturated rings. The molecule has 0 radical (unpaired) electrons. The number of hydrogen-bond acceptors (Lipinski definition) is 3. The summed E-state index contributed by atoms with van der Waals surface area (Å²) < 4.78 is 46.6. The van der Waals surface area contributed by atoms with Crippen molar-refractivity contribution in [2.45, 2.75) is 57.5 Å². The predicted octanol–water partition coefficient (Wildman–Crippen LogP) is 5.71. The molecule has 2 heterocycles. The fourth-order valence-electron chi connectivity index (χ4n) is 4.94. The number of ether oxygens (including phenoxy) is 1. The third-order valence-electron chi connectivity index (χ3n) is 6.42. The topological polar surface area (TPSA) is 33.3 Å². The number of halogens is 3. The van der Waals surface area contributed by atoms with Gasteiger partial charge < -0.3 is 15.4 Å². The smallest absolute Gasteiger partial charge is 0.381 e. The lowest BCUT2D eigenvalue weighted by Crippen LogP contribution is -2.48. The minimum Gasteiger partial charge on any atom is -0.381 e. The highest BCUT2D eigenvalue weighted by Crippen LogP contribution is 2.49. The third kappa shape index (κ3) is 4.59. The molecule has 1 aromatic rings. The quantitative estimate of drug-likeness (QED) is 0.640. The molecule has 0 saturated carbocycles. The summed E-state index contributed by atoms with van der Waals surface area (Å²) >= 11 is 0. The van der Waals surface area contributed by atoms with Gasteiger partial charge in [0.25, 0.3) is 0 Å². The van der Waals surface area contributed by atoms with Crippen LogP contribution in [0.15, 0.2) is 42.5 Å². The molecule has 2 N–H and O–H groups in total. The van der Waals surface area contributed by atoms with Gasteiger partial charge in [0.05, 0.1) is 17.8 Å². The van der Waals surface area contributed by atoms with Crippen LogP contribution < -0.4 is 10.6 Å². The molecular weight excluding hydrogens is 389 g/mol. The van der Waals surface area contributed by atoms with Gasteiger partial charge in [0.2, 0.25) is 0 Å². The standard InChI is InChI=1S/C24H31F3N2O/c1-15(2)13-28-14-18-9-10-19-22(16-6-4-3-5-7-16)29-21-11-8-17(24(25,26)27)12-20(21)23(19)30-18/h3-6,8,11-12,15-16,18-19,22-23,28-29H,7,9-10,13-14H2,1-2H3/t16?,18-,19+,22+,23+/m1/s1. The van der Waals surface area contributed by atoms with E-state index in [0.29, 0.717) is 17.4 Å². The van der Waals surface area contributed by atoms with Crippen molar-refractivity contribution in [2.24, 2.45) is 17.8 Å². The number of hydrogen-bond donors (Lipinski definition) is 2. The first-order valence-electron chi connectivity index (χ1n) is 11.0. The lowest BCUT2D eigenvalue weighted by Gasteiger charge is -2.47. The fourth-order valence-corrected chi connectivity index (χ4v) is 4.94. The van der Waals surface area contributed by atoms with Gasteiger partial charge >= 0.3 is 6.18 Å². The van der Waals surface area contributed by atoms with Crippen molar-refractivity contribution in [1.82, 2.24) is 5.32 Å². The van der Waals surface area contributed by atoms with Crippen LogP contribution in [0, 0.1) is 17.8 Å². The van der Waals surface area contributed by atoms with E-state index < -0.39 is 11.7 Å². The Morgan fingerprint density at radius 1 is 1.20 bits per heavy atom. The van der Waals surface area contributed by atoms with Gasteiger partial charge in [-0.3, -0.25) is 0 Å². The van der Waals surface area contributed by atoms with Crippen molar-refractivity contribution in [1.29, 1.82) is 0 Å². The molecule has 2 aliphatic heterocycles. The van der Waals surface area contributed by atoms with E-state index in [1.807, 2.05) is 6.08 Å². The van der Waals surface area contributed by atoms with E-state index in [2.05, 4.69) is 42.7 Å². The lowest BCUT2D eigenvalue weighted by atomic mass is 9.73. The van der Waals surface area contributed by atoms with Crippen molar-refractivity contribution >= 4 is 5.69 Å². The van der Waals surface area contributed by atoms with Crippen molar-refractivity contribution < 1.29 is 17.9 Å². The fraction of sp³-hybridized carbons (Fsp3) is 0.583. The van der Waals surface area contributed by atoms with Gasteiger partial charge in [0.1, 0.15) is 0 Å². The SMILES string of the molecule is CC(C)CNC[C@H]1CC[C@@H]2[C@H](O1)c1cc(C(F)(F)F)ccc1N[C@H]2C1C=CC=CC1. The minimum atomic E-state index is -4.36. The number of benzene rings is 1. The summed E-state index contributed by atoms with van der Waals surface area (Å²) in [4.78, 5) is 0. The summed E-state index contributed by atoms with van der Waals surface area (Å²) in [5.74, 6) is 1.02. The highest BCUT2D eigenvalue weighted by molar-refractivity contribution is 5.58. The predicted molar refractivity (Wildman–Crippen MR) is 113 cm³/mol. The van der Waals surface area contributed by atoms with Gasteiger partial charge in [-0.15, -0.1) is 0 Å². The molecule has 0 bridgehead atoms. The van der Waals surface area contributed by atoms with Crippen molar-refractivity contribution in [3.05, 3.63) is 53.6 Å². The molecule has 1 unspecified atom stereocenters. The van der Waals surface area contributed by atoms with Crippen molar-refractivity contribution in [2.75, 3.05) is 18.4 Å². The molecule has 164 valence electrons. The number of fused-ring (bicyclic) bond motifs is 3. The molecule has 3 aliphatic rings. The summed E-state index contributed by atoms with van der Waals surface area (Å²) in [5, 5.41) is 7.01. The molecular formula is C24H31F3N2O. The summed E-state index contributed by atoms with van der Waals surface area (Å²) in [6, 6.07) is 4.19. The van der Waals surface area contributed by atoms with Gasteiger partial charge in [-0.2, -0.15) is 13.2 Å². The second-order valence-corrected chi connectivity index (χ2v) is 9.15. The molecule has 6 heteroatoms. The Hall–Kier alpha value is -1.79. The maximum atomic E-state index is 13.4. The Labute approximate surface area is 176 Å². The first-order chi connectivity index (χ1) is 14.3. The second-order valence-electron chi connectivity index (χ2n) is 9.15. The molecule has 5 atom stereocenters. The molecule has 1 aliphatic carbocycles. The summed E-state index contributed by atoms with van der Waals surface area (Å²) in [6.45, 7) is 5.96. The van der Waals surface area contributed by atoms with E-state index in [9.17, 15) is 13.2 Å². The molecule has 3 nitrogen and oxygen atoms in total. The Morgan fingerprint density at radius 2 is 2.03 bits per heavy atom. The van der Waals surface area contributed by atoms with E-state index in [4.69, 9.17) is 4.74 Å². The van der Waals surface area contributed by atoms with Crippen LogP contribution in [0.2, 0.25) is 0 Å². The number of alkyl halides is 3. The monoisotopic (exact) mass is 420 g/mol. The zero-order chi connectivity index (χ0) is 21.3. The third-order valence-corrected chi connectivity index (χ3v) is 6.42. The molecule has 0 spiro atoms. The first kappa shape index (κ1) is 21.4. The Balaban J connectivity index is 1.61. The van der Waals surface area contributed by atoms with Gasteiger partial charge in [-0.05, 0) is 49.9 Å².